The topological polar surface area (TPSA) is 71.6 Å². The summed E-state index contributed by atoms with van der Waals surface area (Å²) in [4.78, 5) is 12.1. The van der Waals surface area contributed by atoms with Crippen LogP contribution in [0.4, 0.5) is 21.9 Å². The van der Waals surface area contributed by atoms with Crippen molar-refractivity contribution in [1.82, 2.24) is 5.32 Å². The van der Waals surface area contributed by atoms with E-state index in [0.29, 0.717) is 6.04 Å². The minimum Gasteiger partial charge on any atom is -0.454 e. The molecule has 2 aliphatic rings. The molecule has 0 radical (unpaired) electrons. The molecule has 0 unspecified atom stereocenters. The maximum absolute atomic E-state index is 12.1. The van der Waals surface area contributed by atoms with E-state index in [9.17, 15) is 4.79 Å². The predicted molar refractivity (Wildman–Crippen MR) is 101 cm³/mol. The third-order valence-corrected chi connectivity index (χ3v) is 4.74. The molecule has 26 heavy (non-hydrogen) atoms. The molecule has 1 fully saturated rings. The van der Waals surface area contributed by atoms with E-state index < -0.39 is 0 Å². The fraction of sp³-hybridized carbons (Fsp3) is 0.350. The zero-order valence-electron chi connectivity index (χ0n) is 14.6. The maximum Gasteiger partial charge on any atom is 0.319 e. The van der Waals surface area contributed by atoms with Crippen LogP contribution < -0.4 is 25.4 Å². The summed E-state index contributed by atoms with van der Waals surface area (Å²) in [6.45, 7) is 0.266. The Hall–Kier alpha value is -2.89. The van der Waals surface area contributed by atoms with Gasteiger partial charge in [0.1, 0.15) is 0 Å². The second kappa shape index (κ2) is 7.56. The van der Waals surface area contributed by atoms with E-state index in [4.69, 9.17) is 9.47 Å². The number of carbonyl (C=O) groups excluding carboxylic acids is 1. The summed E-state index contributed by atoms with van der Waals surface area (Å²) in [5, 5.41) is 9.27. The molecule has 6 nitrogen and oxygen atoms in total. The first-order valence-corrected chi connectivity index (χ1v) is 9.10. The van der Waals surface area contributed by atoms with Gasteiger partial charge in [0.15, 0.2) is 11.5 Å². The summed E-state index contributed by atoms with van der Waals surface area (Å²) >= 11 is 0. The van der Waals surface area contributed by atoms with Crippen LogP contribution in [-0.4, -0.2) is 18.9 Å². The molecule has 3 N–H and O–H groups in total. The van der Waals surface area contributed by atoms with Gasteiger partial charge < -0.3 is 25.4 Å². The van der Waals surface area contributed by atoms with Crippen LogP contribution in [-0.2, 0) is 0 Å². The standard InChI is InChI=1S/C20H23N3O3/c24-20(22-14-4-2-1-3-5-14)23-16-8-6-15(7-9-16)21-17-10-11-18-19(12-17)26-13-25-18/h6-12,14,21H,1-5,13H2,(H2,22,23,24). The first-order valence-electron chi connectivity index (χ1n) is 9.10. The van der Waals surface area contributed by atoms with Crippen LogP contribution in [0, 0.1) is 0 Å². The van der Waals surface area contributed by atoms with Crippen LogP contribution in [0.15, 0.2) is 42.5 Å². The number of urea groups is 1. The predicted octanol–water partition coefficient (Wildman–Crippen LogP) is 4.61. The minimum absolute atomic E-state index is 0.131. The van der Waals surface area contributed by atoms with Gasteiger partial charge in [-0.25, -0.2) is 4.79 Å². The van der Waals surface area contributed by atoms with Crippen molar-refractivity contribution in [1.29, 1.82) is 0 Å². The average Bonchev–Trinajstić information content (AvgIpc) is 3.12. The van der Waals surface area contributed by atoms with Crippen molar-refractivity contribution < 1.29 is 14.3 Å². The highest BCUT2D eigenvalue weighted by atomic mass is 16.7. The van der Waals surface area contributed by atoms with Gasteiger partial charge >= 0.3 is 6.03 Å². The van der Waals surface area contributed by atoms with Crippen LogP contribution in [0.2, 0.25) is 0 Å². The molecule has 0 bridgehead atoms. The molecule has 1 aliphatic carbocycles. The van der Waals surface area contributed by atoms with Crippen LogP contribution in [0.1, 0.15) is 32.1 Å². The number of nitrogens with one attached hydrogen (secondary N) is 3. The number of anilines is 3. The molecule has 2 aromatic carbocycles. The quantitative estimate of drug-likeness (QED) is 0.750. The fourth-order valence-electron chi connectivity index (χ4n) is 3.38. The van der Waals surface area contributed by atoms with E-state index >= 15 is 0 Å². The van der Waals surface area contributed by atoms with Gasteiger partial charge in [-0.1, -0.05) is 19.3 Å². The molecule has 0 atom stereocenters. The van der Waals surface area contributed by atoms with Crippen molar-refractivity contribution in [2.45, 2.75) is 38.1 Å². The average molecular weight is 353 g/mol. The largest absolute Gasteiger partial charge is 0.454 e. The summed E-state index contributed by atoms with van der Waals surface area (Å²) in [6.07, 6.45) is 5.82. The summed E-state index contributed by atoms with van der Waals surface area (Å²) in [5.41, 5.74) is 2.63. The van der Waals surface area contributed by atoms with Crippen LogP contribution in [0.5, 0.6) is 11.5 Å². The Bertz CT molecular complexity index is 770. The second-order valence-electron chi connectivity index (χ2n) is 6.70. The lowest BCUT2D eigenvalue weighted by atomic mass is 9.96. The Balaban J connectivity index is 1.32. The molecule has 1 heterocycles. The van der Waals surface area contributed by atoms with E-state index in [0.717, 1.165) is 41.4 Å². The molecule has 2 aromatic rings. The zero-order chi connectivity index (χ0) is 17.8. The van der Waals surface area contributed by atoms with Crippen LogP contribution in [0.3, 0.4) is 0 Å². The van der Waals surface area contributed by atoms with E-state index in [-0.39, 0.29) is 12.8 Å². The van der Waals surface area contributed by atoms with Gasteiger partial charge in [-0.3, -0.25) is 0 Å². The Kier molecular flexibility index (Phi) is 4.82. The molecule has 1 aliphatic heterocycles. The number of fused-ring (bicyclic) bond motifs is 1. The maximum atomic E-state index is 12.1. The normalized spacial score (nSPS) is 16.2. The smallest absolute Gasteiger partial charge is 0.319 e. The Morgan fingerprint density at radius 1 is 0.846 bits per heavy atom. The van der Waals surface area contributed by atoms with Gasteiger partial charge in [0.25, 0.3) is 0 Å². The molecule has 0 saturated heterocycles. The summed E-state index contributed by atoms with van der Waals surface area (Å²) < 4.78 is 10.7. The summed E-state index contributed by atoms with van der Waals surface area (Å²) in [7, 11) is 0. The SMILES string of the molecule is O=C(Nc1ccc(Nc2ccc3c(c2)OCO3)cc1)NC1CCCCC1. The summed E-state index contributed by atoms with van der Waals surface area (Å²) in [5.74, 6) is 1.51. The number of rotatable bonds is 4. The highest BCUT2D eigenvalue weighted by Crippen LogP contribution is 2.35. The Morgan fingerprint density at radius 2 is 1.54 bits per heavy atom. The van der Waals surface area contributed by atoms with Crippen molar-refractivity contribution in [3.8, 4) is 11.5 Å². The van der Waals surface area contributed by atoms with E-state index in [1.165, 1.54) is 19.3 Å². The molecule has 4 rings (SSSR count). The van der Waals surface area contributed by atoms with E-state index in [1.54, 1.807) is 0 Å². The van der Waals surface area contributed by atoms with Crippen LogP contribution in [0.25, 0.3) is 0 Å². The Labute approximate surface area is 152 Å². The second-order valence-corrected chi connectivity index (χ2v) is 6.70. The van der Waals surface area contributed by atoms with Crippen molar-refractivity contribution >= 4 is 23.1 Å². The fourth-order valence-corrected chi connectivity index (χ4v) is 3.38. The van der Waals surface area contributed by atoms with E-state index in [2.05, 4.69) is 16.0 Å². The molecular weight excluding hydrogens is 330 g/mol. The number of amides is 2. The molecule has 1 saturated carbocycles. The minimum atomic E-state index is -0.131. The molecule has 2 amide bonds. The van der Waals surface area contributed by atoms with Gasteiger partial charge in [0, 0.05) is 29.2 Å². The molecule has 136 valence electrons. The first kappa shape index (κ1) is 16.6. The number of benzene rings is 2. The summed E-state index contributed by atoms with van der Waals surface area (Å²) in [6, 6.07) is 13.5. The molecule has 6 heteroatoms. The third kappa shape index (κ3) is 4.02. The zero-order valence-corrected chi connectivity index (χ0v) is 14.6. The number of ether oxygens (including phenoxy) is 2. The van der Waals surface area contributed by atoms with Gasteiger partial charge in [-0.15, -0.1) is 0 Å². The lowest BCUT2D eigenvalue weighted by Crippen LogP contribution is -2.38. The first-order chi connectivity index (χ1) is 12.8. The van der Waals surface area contributed by atoms with Gasteiger partial charge in [-0.05, 0) is 49.2 Å². The Morgan fingerprint density at radius 3 is 2.35 bits per heavy atom. The highest BCUT2D eigenvalue weighted by molar-refractivity contribution is 5.89. The van der Waals surface area contributed by atoms with Gasteiger partial charge in [0.2, 0.25) is 6.79 Å². The lowest BCUT2D eigenvalue weighted by Gasteiger charge is -2.22. The lowest BCUT2D eigenvalue weighted by molar-refractivity contribution is 0.174. The van der Waals surface area contributed by atoms with Crippen molar-refractivity contribution in [3.63, 3.8) is 0 Å². The number of hydrogen-bond donors (Lipinski definition) is 3. The molecule has 0 aromatic heterocycles. The van der Waals surface area contributed by atoms with E-state index in [1.807, 2.05) is 42.5 Å². The van der Waals surface area contributed by atoms with Crippen molar-refractivity contribution in [2.75, 3.05) is 17.4 Å². The highest BCUT2D eigenvalue weighted by Gasteiger charge is 2.16. The molecule has 0 spiro atoms. The monoisotopic (exact) mass is 353 g/mol. The van der Waals surface area contributed by atoms with Crippen molar-refractivity contribution in [3.05, 3.63) is 42.5 Å². The van der Waals surface area contributed by atoms with Crippen LogP contribution >= 0.6 is 0 Å². The molecular formula is C20H23N3O3. The number of hydrogen-bond acceptors (Lipinski definition) is 4. The van der Waals surface area contributed by atoms with Gasteiger partial charge in [-0.2, -0.15) is 0 Å². The van der Waals surface area contributed by atoms with Crippen molar-refractivity contribution in [2.24, 2.45) is 0 Å². The third-order valence-electron chi connectivity index (χ3n) is 4.74. The number of carbonyl (C=O) groups is 1. The van der Waals surface area contributed by atoms with Gasteiger partial charge in [0.05, 0.1) is 0 Å².